The van der Waals surface area contributed by atoms with Crippen molar-refractivity contribution in [3.8, 4) is 11.3 Å². The van der Waals surface area contributed by atoms with Crippen LogP contribution >= 0.6 is 11.3 Å². The van der Waals surface area contributed by atoms with Gasteiger partial charge in [-0.15, -0.1) is 11.3 Å². The number of carbonyl (C=O) groups is 2. The number of nitrogens with zero attached hydrogens (tertiary/aromatic N) is 1. The summed E-state index contributed by atoms with van der Waals surface area (Å²) in [5.41, 5.74) is 9.51. The number of nitrogens with one attached hydrogen (secondary N) is 1. The molecule has 3 heterocycles. The lowest BCUT2D eigenvalue weighted by atomic mass is 10.1. The highest BCUT2D eigenvalue weighted by Crippen LogP contribution is 2.30. The van der Waals surface area contributed by atoms with Crippen molar-refractivity contribution in [2.75, 3.05) is 12.4 Å². The van der Waals surface area contributed by atoms with E-state index in [2.05, 4.69) is 10.3 Å². The van der Waals surface area contributed by atoms with Crippen molar-refractivity contribution >= 4 is 39.9 Å². The van der Waals surface area contributed by atoms with Crippen molar-refractivity contribution in [2.45, 2.75) is 13.0 Å². The molecule has 0 aliphatic heterocycles. The summed E-state index contributed by atoms with van der Waals surface area (Å²) in [5.74, 6) is -0.744. The van der Waals surface area contributed by atoms with E-state index in [4.69, 9.17) is 14.9 Å². The molecule has 0 aliphatic rings. The minimum absolute atomic E-state index is 0.0924. The molecule has 3 N–H and O–H groups in total. The van der Waals surface area contributed by atoms with E-state index < -0.39 is 0 Å². The molecule has 152 valence electrons. The molecule has 0 spiro atoms. The molecule has 0 saturated heterocycles. The Kier molecular flexibility index (Phi) is 5.60. The number of pyridine rings is 1. The van der Waals surface area contributed by atoms with Gasteiger partial charge in [0.25, 0.3) is 5.91 Å². The van der Waals surface area contributed by atoms with Crippen LogP contribution in [0.1, 0.15) is 20.9 Å². The van der Waals surface area contributed by atoms with Gasteiger partial charge >= 0.3 is 5.97 Å². The highest BCUT2D eigenvalue weighted by atomic mass is 32.1. The van der Waals surface area contributed by atoms with Crippen LogP contribution in [0.4, 0.5) is 5.69 Å². The Morgan fingerprint density at radius 2 is 2.10 bits per heavy atom. The fraction of sp³-hybridized carbons (Fsp3) is 0.136. The number of hydrogen-bond acceptors (Lipinski definition) is 7. The number of carbonyl (C=O) groups excluding carboxylic acids is 2. The maximum atomic E-state index is 13.0. The lowest BCUT2D eigenvalue weighted by molar-refractivity contribution is -0.139. The van der Waals surface area contributed by atoms with Crippen molar-refractivity contribution < 1.29 is 18.7 Å². The zero-order valence-electron chi connectivity index (χ0n) is 16.2. The van der Waals surface area contributed by atoms with E-state index in [9.17, 15) is 9.59 Å². The molecule has 0 atom stereocenters. The van der Waals surface area contributed by atoms with E-state index >= 15 is 0 Å². The SMILES string of the molecule is COC(=O)Cc1sccc1NC(=O)c1cc2ccoc2c(-c2cccc(CN)c2)n1. The number of rotatable bonds is 6. The number of aromatic nitrogens is 1. The first-order valence-corrected chi connectivity index (χ1v) is 10.1. The van der Waals surface area contributed by atoms with Gasteiger partial charge < -0.3 is 20.2 Å². The number of fused-ring (bicyclic) bond motifs is 1. The summed E-state index contributed by atoms with van der Waals surface area (Å²) in [6.07, 6.45) is 1.66. The van der Waals surface area contributed by atoms with Crippen LogP contribution in [-0.2, 0) is 22.5 Å². The lowest BCUT2D eigenvalue weighted by Crippen LogP contribution is -2.15. The minimum Gasteiger partial charge on any atom is -0.469 e. The molecule has 0 fully saturated rings. The average Bonchev–Trinajstić information content (AvgIpc) is 3.42. The molecule has 7 nitrogen and oxygen atoms in total. The van der Waals surface area contributed by atoms with Crippen LogP contribution in [0.2, 0.25) is 0 Å². The smallest absolute Gasteiger partial charge is 0.310 e. The second kappa shape index (κ2) is 8.48. The molecule has 0 bridgehead atoms. The molecule has 0 saturated carbocycles. The van der Waals surface area contributed by atoms with E-state index in [1.807, 2.05) is 29.6 Å². The number of methoxy groups -OCH3 is 1. The number of anilines is 1. The summed E-state index contributed by atoms with van der Waals surface area (Å²) < 4.78 is 10.3. The third-order valence-electron chi connectivity index (χ3n) is 4.63. The van der Waals surface area contributed by atoms with Crippen molar-refractivity contribution in [1.29, 1.82) is 0 Å². The largest absolute Gasteiger partial charge is 0.469 e. The van der Waals surface area contributed by atoms with E-state index in [0.29, 0.717) is 23.5 Å². The summed E-state index contributed by atoms with van der Waals surface area (Å²) in [6.45, 7) is 0.399. The minimum atomic E-state index is -0.376. The Balaban J connectivity index is 1.69. The molecule has 0 unspecified atom stereocenters. The second-order valence-corrected chi connectivity index (χ2v) is 7.56. The summed E-state index contributed by atoms with van der Waals surface area (Å²) in [4.78, 5) is 29.8. The van der Waals surface area contributed by atoms with Gasteiger partial charge in [0.2, 0.25) is 0 Å². The summed E-state index contributed by atoms with van der Waals surface area (Å²) in [5, 5.41) is 5.42. The van der Waals surface area contributed by atoms with Gasteiger partial charge in [0.1, 0.15) is 11.4 Å². The first kappa shape index (κ1) is 19.8. The van der Waals surface area contributed by atoms with Crippen molar-refractivity contribution in [1.82, 2.24) is 4.98 Å². The first-order chi connectivity index (χ1) is 14.6. The molecule has 1 aromatic carbocycles. The van der Waals surface area contributed by atoms with Gasteiger partial charge in [-0.25, -0.2) is 4.98 Å². The topological polar surface area (TPSA) is 107 Å². The Morgan fingerprint density at radius 3 is 2.90 bits per heavy atom. The monoisotopic (exact) mass is 421 g/mol. The Labute approximate surface area is 176 Å². The van der Waals surface area contributed by atoms with Gasteiger partial charge in [0, 0.05) is 22.4 Å². The normalized spacial score (nSPS) is 10.9. The van der Waals surface area contributed by atoms with Gasteiger partial charge in [-0.1, -0.05) is 18.2 Å². The first-order valence-electron chi connectivity index (χ1n) is 9.21. The van der Waals surface area contributed by atoms with Gasteiger partial charge in [-0.2, -0.15) is 0 Å². The standard InChI is InChI=1S/C22H19N3O4S/c1-28-19(26)11-18-16(6-8-30-18)25-22(27)17-10-15-5-7-29-21(15)20(24-17)14-4-2-3-13(9-14)12-23/h2-10H,11-12,23H2,1H3,(H,25,27). The van der Waals surface area contributed by atoms with Crippen molar-refractivity contribution in [3.05, 3.63) is 70.2 Å². The molecule has 8 heteroatoms. The fourth-order valence-corrected chi connectivity index (χ4v) is 3.93. The van der Waals surface area contributed by atoms with Crippen molar-refractivity contribution in [2.24, 2.45) is 5.73 Å². The Morgan fingerprint density at radius 1 is 1.23 bits per heavy atom. The molecule has 30 heavy (non-hydrogen) atoms. The number of ether oxygens (including phenoxy) is 1. The van der Waals surface area contributed by atoms with E-state index in [0.717, 1.165) is 21.4 Å². The van der Waals surface area contributed by atoms with E-state index in [1.165, 1.54) is 18.4 Å². The number of furan rings is 1. The van der Waals surface area contributed by atoms with Crippen LogP contribution < -0.4 is 11.1 Å². The highest BCUT2D eigenvalue weighted by molar-refractivity contribution is 7.10. The maximum absolute atomic E-state index is 13.0. The van der Waals surface area contributed by atoms with Gasteiger partial charge in [0.05, 0.1) is 25.5 Å². The molecule has 1 amide bonds. The third kappa shape index (κ3) is 3.96. The van der Waals surface area contributed by atoms with Crippen LogP contribution in [0.25, 0.3) is 22.2 Å². The zero-order valence-corrected chi connectivity index (χ0v) is 17.0. The second-order valence-electron chi connectivity index (χ2n) is 6.56. The lowest BCUT2D eigenvalue weighted by Gasteiger charge is -2.09. The number of hydrogen-bond donors (Lipinski definition) is 2. The van der Waals surface area contributed by atoms with Crippen LogP contribution in [-0.4, -0.2) is 24.0 Å². The number of benzene rings is 1. The predicted octanol–water partition coefficient (Wildman–Crippen LogP) is 3.98. The van der Waals surface area contributed by atoms with Crippen LogP contribution in [0, 0.1) is 0 Å². The molecule has 0 aliphatic carbocycles. The molecule has 4 rings (SSSR count). The predicted molar refractivity (Wildman–Crippen MR) is 115 cm³/mol. The number of thiophene rings is 1. The molecular weight excluding hydrogens is 402 g/mol. The molecule has 4 aromatic rings. The molecular formula is C22H19N3O4S. The van der Waals surface area contributed by atoms with E-state index in [1.54, 1.807) is 24.5 Å². The van der Waals surface area contributed by atoms with Gasteiger partial charge in [-0.05, 0) is 35.2 Å². The van der Waals surface area contributed by atoms with Gasteiger partial charge in [-0.3, -0.25) is 9.59 Å². The molecule has 0 radical (unpaired) electrons. The fourth-order valence-electron chi connectivity index (χ4n) is 3.11. The number of amides is 1. The molecule has 3 aromatic heterocycles. The zero-order chi connectivity index (χ0) is 21.1. The van der Waals surface area contributed by atoms with Crippen LogP contribution in [0.5, 0.6) is 0 Å². The third-order valence-corrected chi connectivity index (χ3v) is 5.55. The summed E-state index contributed by atoms with van der Waals surface area (Å²) >= 11 is 1.38. The average molecular weight is 421 g/mol. The van der Waals surface area contributed by atoms with Crippen LogP contribution in [0.3, 0.4) is 0 Å². The Bertz CT molecular complexity index is 1230. The maximum Gasteiger partial charge on any atom is 0.310 e. The number of esters is 1. The Hall–Kier alpha value is -3.49. The summed E-state index contributed by atoms with van der Waals surface area (Å²) in [6, 6.07) is 12.9. The van der Waals surface area contributed by atoms with Crippen LogP contribution in [0.15, 0.2) is 58.5 Å². The van der Waals surface area contributed by atoms with Gasteiger partial charge in [0.15, 0.2) is 5.58 Å². The number of nitrogens with two attached hydrogens (primary N) is 1. The summed E-state index contributed by atoms with van der Waals surface area (Å²) in [7, 11) is 1.33. The quantitative estimate of drug-likeness (QED) is 0.456. The van der Waals surface area contributed by atoms with E-state index in [-0.39, 0.29) is 24.0 Å². The van der Waals surface area contributed by atoms with Crippen molar-refractivity contribution in [3.63, 3.8) is 0 Å². The highest BCUT2D eigenvalue weighted by Gasteiger charge is 2.18.